The summed E-state index contributed by atoms with van der Waals surface area (Å²) in [5.74, 6) is 0. The second-order valence-corrected chi connectivity index (χ2v) is 9.95. The maximum Gasteiger partial charge on any atom is 0.116 e. The van der Waals surface area contributed by atoms with Crippen molar-refractivity contribution in [3.05, 3.63) is 127 Å². The minimum absolute atomic E-state index is 0. The first-order valence-electron chi connectivity index (χ1n) is 8.98. The normalized spacial score (nSPS) is 10.8. The summed E-state index contributed by atoms with van der Waals surface area (Å²) in [5.41, 5.74) is 1.39. The van der Waals surface area contributed by atoms with Crippen LogP contribution >= 0.6 is 7.26 Å². The zero-order valence-electron chi connectivity index (χ0n) is 14.7. The first-order valence-corrected chi connectivity index (χ1v) is 11.0. The summed E-state index contributed by atoms with van der Waals surface area (Å²) >= 11 is 0. The van der Waals surface area contributed by atoms with E-state index in [1.807, 2.05) is 0 Å². The monoisotopic (exact) mass is 367 g/mol. The van der Waals surface area contributed by atoms with Crippen LogP contribution in [0.2, 0.25) is 0 Å². The summed E-state index contributed by atoms with van der Waals surface area (Å²) in [6.45, 7) is 0. The van der Waals surface area contributed by atoms with Gasteiger partial charge >= 0.3 is 0 Å². The van der Waals surface area contributed by atoms with Crippen LogP contribution in [0.4, 0.5) is 0 Å². The van der Waals surface area contributed by atoms with Gasteiger partial charge in [-0.1, -0.05) is 84.9 Å². The second-order valence-electron chi connectivity index (χ2n) is 6.46. The highest BCUT2D eigenvalue weighted by atomic mass is 31.2. The van der Waals surface area contributed by atoms with Crippen molar-refractivity contribution < 1.29 is 0 Å². The Morgan fingerprint density at radius 1 is 0.407 bits per heavy atom. The summed E-state index contributed by atoms with van der Waals surface area (Å²) < 4.78 is 0. The fourth-order valence-electron chi connectivity index (χ4n) is 3.63. The SMILES string of the molecule is [BH3-].c1ccc(C[P+](c2ccccc2)(c2ccccc2)c2ccccc2)cc1. The van der Waals surface area contributed by atoms with E-state index in [1.54, 1.807) is 0 Å². The molecule has 4 aromatic carbocycles. The highest BCUT2D eigenvalue weighted by Crippen LogP contribution is 2.58. The summed E-state index contributed by atoms with van der Waals surface area (Å²) in [6.07, 6.45) is 1.03. The fraction of sp³-hybridized carbons (Fsp3) is 0.0400. The molecule has 0 aliphatic rings. The highest BCUT2D eigenvalue weighted by molar-refractivity contribution is 7.95. The molecule has 0 heterocycles. The molecule has 0 amide bonds. The van der Waals surface area contributed by atoms with Crippen LogP contribution in [0.25, 0.3) is 0 Å². The van der Waals surface area contributed by atoms with Crippen molar-refractivity contribution in [3.8, 4) is 0 Å². The van der Waals surface area contributed by atoms with Gasteiger partial charge in [0.15, 0.2) is 0 Å². The molecule has 0 aliphatic carbocycles. The van der Waals surface area contributed by atoms with Gasteiger partial charge in [-0.3, -0.25) is 0 Å². The van der Waals surface area contributed by atoms with E-state index in [9.17, 15) is 0 Å². The summed E-state index contributed by atoms with van der Waals surface area (Å²) in [4.78, 5) is 0. The van der Waals surface area contributed by atoms with Crippen molar-refractivity contribution in [2.45, 2.75) is 6.16 Å². The Hall–Kier alpha value is -2.63. The molecule has 0 aromatic heterocycles. The summed E-state index contributed by atoms with van der Waals surface area (Å²) in [6, 6.07) is 44.0. The Balaban J connectivity index is 0.00000210. The molecular weight excluding hydrogens is 342 g/mol. The molecule has 1 radical (unpaired) electrons. The minimum Gasteiger partial charge on any atom is -0.187 e. The van der Waals surface area contributed by atoms with Gasteiger partial charge < -0.3 is 0 Å². The van der Waals surface area contributed by atoms with Crippen molar-refractivity contribution in [2.75, 3.05) is 0 Å². The van der Waals surface area contributed by atoms with E-state index in [0.717, 1.165) is 6.16 Å². The minimum atomic E-state index is -1.78. The number of benzene rings is 4. The van der Waals surface area contributed by atoms with Gasteiger partial charge in [-0.15, -0.1) is 0 Å². The third-order valence-electron chi connectivity index (χ3n) is 4.85. The summed E-state index contributed by atoms with van der Waals surface area (Å²) in [7, 11) is -1.78. The Morgan fingerprint density at radius 3 is 1.04 bits per heavy atom. The molecule has 0 fully saturated rings. The maximum absolute atomic E-state index is 2.30. The largest absolute Gasteiger partial charge is 0.187 e. The maximum atomic E-state index is 2.30. The zero-order valence-corrected chi connectivity index (χ0v) is 15.6. The van der Waals surface area contributed by atoms with Crippen LogP contribution in [0.5, 0.6) is 0 Å². The fourth-order valence-corrected chi connectivity index (χ4v) is 7.87. The molecule has 0 nitrogen and oxygen atoms in total. The molecule has 0 N–H and O–H groups in total. The van der Waals surface area contributed by atoms with Crippen LogP contribution in [0.15, 0.2) is 121 Å². The van der Waals surface area contributed by atoms with Crippen LogP contribution < -0.4 is 15.9 Å². The first kappa shape index (κ1) is 19.1. The Morgan fingerprint density at radius 2 is 0.704 bits per heavy atom. The van der Waals surface area contributed by atoms with Crippen LogP contribution in [-0.2, 0) is 6.16 Å². The molecule has 2 heteroatoms. The zero-order chi connectivity index (χ0) is 17.7. The van der Waals surface area contributed by atoms with E-state index in [4.69, 9.17) is 0 Å². The predicted molar refractivity (Wildman–Crippen MR) is 125 cm³/mol. The predicted octanol–water partition coefficient (Wildman–Crippen LogP) is 4.00. The quantitative estimate of drug-likeness (QED) is 0.370. The van der Waals surface area contributed by atoms with Crippen molar-refractivity contribution in [2.24, 2.45) is 0 Å². The molecule has 0 saturated heterocycles. The van der Waals surface area contributed by atoms with Gasteiger partial charge in [0.25, 0.3) is 0 Å². The van der Waals surface area contributed by atoms with E-state index in [-0.39, 0.29) is 8.41 Å². The van der Waals surface area contributed by atoms with Crippen molar-refractivity contribution >= 4 is 31.6 Å². The van der Waals surface area contributed by atoms with Gasteiger partial charge in [-0.2, -0.15) is 8.41 Å². The van der Waals surface area contributed by atoms with Crippen molar-refractivity contribution in [1.82, 2.24) is 0 Å². The Labute approximate surface area is 164 Å². The second kappa shape index (κ2) is 8.84. The molecule has 0 aliphatic heterocycles. The van der Waals surface area contributed by atoms with Crippen molar-refractivity contribution in [3.63, 3.8) is 0 Å². The standard InChI is InChI=1S/C25H22P.BH3/c1-5-13-22(14-6-1)21-26(23-15-7-2-8-16-23,24-17-9-3-10-18-24)25-19-11-4-12-20-25;/h1-20H,21H2;1H3/q+1;-1. The smallest absolute Gasteiger partial charge is 0.116 e. The van der Waals surface area contributed by atoms with Gasteiger partial charge in [0.2, 0.25) is 0 Å². The molecule has 0 spiro atoms. The van der Waals surface area contributed by atoms with Gasteiger partial charge in [-0.05, 0) is 42.0 Å². The number of hydrogen-bond donors (Lipinski definition) is 0. The molecule has 0 saturated carbocycles. The lowest BCUT2D eigenvalue weighted by atomic mass is 10.2. The van der Waals surface area contributed by atoms with E-state index in [2.05, 4.69) is 121 Å². The van der Waals surface area contributed by atoms with Crippen LogP contribution in [0.3, 0.4) is 0 Å². The lowest BCUT2D eigenvalue weighted by Crippen LogP contribution is -2.32. The molecule has 0 unspecified atom stereocenters. The average molecular weight is 367 g/mol. The molecule has 133 valence electrons. The highest BCUT2D eigenvalue weighted by Gasteiger charge is 2.45. The molecule has 27 heavy (non-hydrogen) atoms. The molecular formula is C25H25BP. The number of rotatable bonds is 5. The van der Waals surface area contributed by atoms with Gasteiger partial charge in [0, 0.05) is 0 Å². The molecule has 0 bridgehead atoms. The van der Waals surface area contributed by atoms with E-state index in [0.29, 0.717) is 0 Å². The number of hydrogen-bond acceptors (Lipinski definition) is 0. The van der Waals surface area contributed by atoms with Gasteiger partial charge in [0.05, 0.1) is 6.16 Å². The summed E-state index contributed by atoms with van der Waals surface area (Å²) in [5, 5.41) is 4.30. The lowest BCUT2D eigenvalue weighted by Gasteiger charge is -2.27. The topological polar surface area (TPSA) is 0 Å². The first-order chi connectivity index (χ1) is 12.9. The molecule has 4 aromatic rings. The van der Waals surface area contributed by atoms with Gasteiger partial charge in [0.1, 0.15) is 23.2 Å². The third-order valence-corrected chi connectivity index (χ3v) is 9.23. The molecule has 4 rings (SSSR count). The van der Waals surface area contributed by atoms with Gasteiger partial charge in [-0.25, -0.2) is 0 Å². The molecule has 0 atom stereocenters. The van der Waals surface area contributed by atoms with E-state index in [1.165, 1.54) is 21.5 Å². The van der Waals surface area contributed by atoms with Crippen LogP contribution in [0.1, 0.15) is 5.56 Å². The third kappa shape index (κ3) is 3.89. The Bertz CT molecular complexity index is 842. The van der Waals surface area contributed by atoms with Crippen LogP contribution in [0, 0.1) is 0 Å². The Kier molecular flexibility index (Phi) is 6.27. The van der Waals surface area contributed by atoms with Crippen LogP contribution in [-0.4, -0.2) is 8.41 Å². The lowest BCUT2D eigenvalue weighted by molar-refractivity contribution is 1.39. The van der Waals surface area contributed by atoms with E-state index < -0.39 is 7.26 Å². The van der Waals surface area contributed by atoms with E-state index >= 15 is 0 Å². The average Bonchev–Trinajstić information content (AvgIpc) is 2.75. The van der Waals surface area contributed by atoms with Crippen molar-refractivity contribution in [1.29, 1.82) is 0 Å².